The number of rotatable bonds is 5. The Hall–Kier alpha value is -0.0600. The van der Waals surface area contributed by atoms with Crippen molar-refractivity contribution in [2.75, 3.05) is 5.75 Å². The molecule has 1 N–H and O–H groups in total. The zero-order valence-electron chi connectivity index (χ0n) is 11.0. The van der Waals surface area contributed by atoms with Gasteiger partial charge in [0.25, 0.3) is 0 Å². The van der Waals surface area contributed by atoms with Crippen LogP contribution in [0.2, 0.25) is 0 Å². The smallest absolute Gasteiger partial charge is 0.107 e. The number of nitrogens with one attached hydrogen (secondary N) is 1. The van der Waals surface area contributed by atoms with Crippen LogP contribution in [0.5, 0.6) is 0 Å². The molecule has 0 saturated heterocycles. The first-order valence-corrected chi connectivity index (χ1v) is 8.33. The Morgan fingerprint density at radius 2 is 2.24 bits per heavy atom. The standard InChI is InChI=1S/C13H22N2S2/c1-4-16-12-6-5-11(7-12)14-8-13-15-9(2)10(3)17-13/h11-12,14H,4-8H2,1-3H3. The molecule has 0 bridgehead atoms. The van der Waals surface area contributed by atoms with E-state index >= 15 is 0 Å². The molecule has 1 aliphatic rings. The zero-order valence-corrected chi connectivity index (χ0v) is 12.6. The minimum Gasteiger partial charge on any atom is -0.308 e. The summed E-state index contributed by atoms with van der Waals surface area (Å²) in [4.78, 5) is 5.93. The summed E-state index contributed by atoms with van der Waals surface area (Å²) in [6.45, 7) is 7.46. The van der Waals surface area contributed by atoms with E-state index in [1.54, 1.807) is 0 Å². The minimum atomic E-state index is 0.712. The lowest BCUT2D eigenvalue weighted by Crippen LogP contribution is -2.26. The van der Waals surface area contributed by atoms with Crippen molar-refractivity contribution in [1.29, 1.82) is 0 Å². The van der Waals surface area contributed by atoms with E-state index in [1.165, 1.54) is 40.6 Å². The molecule has 2 rings (SSSR count). The summed E-state index contributed by atoms with van der Waals surface area (Å²) in [6, 6.07) is 0.712. The van der Waals surface area contributed by atoms with Crippen LogP contribution < -0.4 is 5.32 Å². The van der Waals surface area contributed by atoms with Gasteiger partial charge in [-0.2, -0.15) is 11.8 Å². The first kappa shape index (κ1) is 13.4. The van der Waals surface area contributed by atoms with Crippen LogP contribution in [0.1, 0.15) is 41.8 Å². The average Bonchev–Trinajstić information content (AvgIpc) is 2.85. The predicted octanol–water partition coefficient (Wildman–Crippen LogP) is 3.52. The van der Waals surface area contributed by atoms with Crippen molar-refractivity contribution in [2.45, 2.75) is 57.9 Å². The Labute approximate surface area is 113 Å². The summed E-state index contributed by atoms with van der Waals surface area (Å²) in [5.41, 5.74) is 1.19. The van der Waals surface area contributed by atoms with Gasteiger partial charge in [0, 0.05) is 22.7 Å². The summed E-state index contributed by atoms with van der Waals surface area (Å²) < 4.78 is 0. The third kappa shape index (κ3) is 3.70. The molecule has 1 saturated carbocycles. The molecule has 0 aliphatic heterocycles. The molecule has 0 amide bonds. The molecule has 2 atom stereocenters. The Morgan fingerprint density at radius 3 is 2.88 bits per heavy atom. The summed E-state index contributed by atoms with van der Waals surface area (Å²) in [6.07, 6.45) is 4.05. The van der Waals surface area contributed by atoms with E-state index in [0.29, 0.717) is 6.04 Å². The summed E-state index contributed by atoms with van der Waals surface area (Å²) >= 11 is 3.95. The van der Waals surface area contributed by atoms with E-state index in [2.05, 4.69) is 42.8 Å². The van der Waals surface area contributed by atoms with Gasteiger partial charge in [0.2, 0.25) is 0 Å². The molecule has 17 heavy (non-hydrogen) atoms. The van der Waals surface area contributed by atoms with Crippen LogP contribution in [-0.4, -0.2) is 22.0 Å². The maximum Gasteiger partial charge on any atom is 0.107 e. The lowest BCUT2D eigenvalue weighted by atomic mass is 10.2. The highest BCUT2D eigenvalue weighted by Gasteiger charge is 2.24. The van der Waals surface area contributed by atoms with Crippen molar-refractivity contribution in [3.8, 4) is 0 Å². The average molecular weight is 270 g/mol. The molecule has 4 heteroatoms. The van der Waals surface area contributed by atoms with Gasteiger partial charge in [0.1, 0.15) is 5.01 Å². The topological polar surface area (TPSA) is 24.9 Å². The normalized spacial score (nSPS) is 24.4. The van der Waals surface area contributed by atoms with Crippen molar-refractivity contribution in [2.24, 2.45) is 0 Å². The van der Waals surface area contributed by atoms with Gasteiger partial charge in [-0.25, -0.2) is 4.98 Å². The van der Waals surface area contributed by atoms with Crippen LogP contribution in [0.4, 0.5) is 0 Å². The van der Waals surface area contributed by atoms with E-state index < -0.39 is 0 Å². The van der Waals surface area contributed by atoms with Crippen molar-refractivity contribution in [3.05, 3.63) is 15.6 Å². The zero-order chi connectivity index (χ0) is 12.3. The van der Waals surface area contributed by atoms with Crippen LogP contribution >= 0.6 is 23.1 Å². The van der Waals surface area contributed by atoms with Crippen molar-refractivity contribution in [1.82, 2.24) is 10.3 Å². The number of hydrogen-bond acceptors (Lipinski definition) is 4. The number of thioether (sulfide) groups is 1. The lowest BCUT2D eigenvalue weighted by Gasteiger charge is -2.11. The second-order valence-electron chi connectivity index (χ2n) is 4.72. The maximum absolute atomic E-state index is 4.58. The van der Waals surface area contributed by atoms with Gasteiger partial charge in [-0.15, -0.1) is 11.3 Å². The van der Waals surface area contributed by atoms with Gasteiger partial charge in [0.15, 0.2) is 0 Å². The number of aryl methyl sites for hydroxylation is 2. The molecule has 1 fully saturated rings. The van der Waals surface area contributed by atoms with Gasteiger partial charge in [-0.1, -0.05) is 6.92 Å². The molecule has 1 aliphatic carbocycles. The molecule has 1 heterocycles. The van der Waals surface area contributed by atoms with E-state index in [9.17, 15) is 0 Å². The molecular weight excluding hydrogens is 248 g/mol. The molecule has 1 aromatic heterocycles. The van der Waals surface area contributed by atoms with E-state index in [1.807, 2.05) is 11.3 Å². The van der Waals surface area contributed by atoms with Crippen molar-refractivity contribution in [3.63, 3.8) is 0 Å². The van der Waals surface area contributed by atoms with E-state index in [0.717, 1.165) is 11.8 Å². The molecule has 0 spiro atoms. The molecule has 0 radical (unpaired) electrons. The number of thiazole rings is 1. The van der Waals surface area contributed by atoms with Crippen LogP contribution in [0, 0.1) is 13.8 Å². The highest BCUT2D eigenvalue weighted by molar-refractivity contribution is 7.99. The maximum atomic E-state index is 4.58. The van der Waals surface area contributed by atoms with E-state index in [4.69, 9.17) is 0 Å². The second kappa shape index (κ2) is 6.21. The predicted molar refractivity (Wildman–Crippen MR) is 78.0 cm³/mol. The fraction of sp³-hybridized carbons (Fsp3) is 0.769. The third-order valence-electron chi connectivity index (χ3n) is 3.40. The lowest BCUT2D eigenvalue weighted by molar-refractivity contribution is 0.524. The highest BCUT2D eigenvalue weighted by atomic mass is 32.2. The quantitative estimate of drug-likeness (QED) is 0.886. The highest BCUT2D eigenvalue weighted by Crippen LogP contribution is 2.30. The van der Waals surface area contributed by atoms with Gasteiger partial charge in [0.05, 0.1) is 5.69 Å². The molecule has 0 aromatic carbocycles. The van der Waals surface area contributed by atoms with Crippen LogP contribution in [-0.2, 0) is 6.54 Å². The Kier molecular flexibility index (Phi) is 4.88. The first-order valence-electron chi connectivity index (χ1n) is 6.47. The third-order valence-corrected chi connectivity index (χ3v) is 5.71. The summed E-state index contributed by atoms with van der Waals surface area (Å²) in [5, 5.41) is 5.79. The second-order valence-corrected chi connectivity index (χ2v) is 7.58. The SMILES string of the molecule is CCSC1CCC(NCc2nc(C)c(C)s2)C1. The largest absolute Gasteiger partial charge is 0.308 e. The molecule has 96 valence electrons. The Balaban J connectivity index is 1.76. The molecule has 2 nitrogen and oxygen atoms in total. The van der Waals surface area contributed by atoms with Crippen LogP contribution in [0.15, 0.2) is 0 Å². The van der Waals surface area contributed by atoms with Gasteiger partial charge >= 0.3 is 0 Å². The fourth-order valence-electron chi connectivity index (χ4n) is 2.36. The fourth-order valence-corrected chi connectivity index (χ4v) is 4.39. The van der Waals surface area contributed by atoms with Crippen LogP contribution in [0.3, 0.4) is 0 Å². The van der Waals surface area contributed by atoms with Crippen molar-refractivity contribution >= 4 is 23.1 Å². The van der Waals surface area contributed by atoms with Gasteiger partial charge in [-0.3, -0.25) is 0 Å². The van der Waals surface area contributed by atoms with Crippen LogP contribution in [0.25, 0.3) is 0 Å². The summed E-state index contributed by atoms with van der Waals surface area (Å²) in [7, 11) is 0. The van der Waals surface area contributed by atoms with E-state index in [-0.39, 0.29) is 0 Å². The van der Waals surface area contributed by atoms with Crippen molar-refractivity contribution < 1.29 is 0 Å². The van der Waals surface area contributed by atoms with Gasteiger partial charge in [-0.05, 0) is 38.9 Å². The Bertz CT molecular complexity index is 343. The molecular formula is C13H22N2S2. The number of nitrogens with zero attached hydrogens (tertiary/aromatic N) is 1. The number of hydrogen-bond donors (Lipinski definition) is 1. The summed E-state index contributed by atoms with van der Waals surface area (Å²) in [5.74, 6) is 1.25. The molecule has 1 aromatic rings. The first-order chi connectivity index (χ1) is 8.19. The monoisotopic (exact) mass is 270 g/mol. The number of aromatic nitrogens is 1. The Morgan fingerprint density at radius 1 is 1.41 bits per heavy atom. The minimum absolute atomic E-state index is 0.712. The molecule has 2 unspecified atom stereocenters. The van der Waals surface area contributed by atoms with Gasteiger partial charge < -0.3 is 5.32 Å².